The highest BCUT2D eigenvalue weighted by Crippen LogP contribution is 2.41. The summed E-state index contributed by atoms with van der Waals surface area (Å²) < 4.78 is 0. The number of nitrogens with zero attached hydrogens (tertiary/aromatic N) is 1. The van der Waals surface area contributed by atoms with Crippen LogP contribution in [0.1, 0.15) is 64.3 Å². The van der Waals surface area contributed by atoms with Gasteiger partial charge in [0.25, 0.3) is 0 Å². The van der Waals surface area contributed by atoms with Crippen molar-refractivity contribution in [1.82, 2.24) is 10.2 Å². The van der Waals surface area contributed by atoms with Gasteiger partial charge in [-0.2, -0.15) is 0 Å². The van der Waals surface area contributed by atoms with Crippen LogP contribution in [0.3, 0.4) is 0 Å². The first-order chi connectivity index (χ1) is 11.1. The fourth-order valence-electron chi connectivity index (χ4n) is 3.43. The van der Waals surface area contributed by atoms with Crippen LogP contribution in [-0.4, -0.2) is 36.2 Å². The van der Waals surface area contributed by atoms with E-state index in [1.807, 2.05) is 6.08 Å². The number of benzene rings is 1. The van der Waals surface area contributed by atoms with Crippen LogP contribution in [0.25, 0.3) is 0 Å². The second-order valence-corrected chi connectivity index (χ2v) is 8.93. The lowest BCUT2D eigenvalue weighted by atomic mass is 9.77. The van der Waals surface area contributed by atoms with Crippen LogP contribution >= 0.6 is 0 Å². The molecule has 0 saturated carbocycles. The maximum atomic E-state index is 10.9. The standard InChI is InChI=1S/C21H34N2O/c1-8-18(23-11-9-22-10-12-23)15-13-16(20(2,3)4)19(24)17(14-15)21(5,6)7/h8,13-14,18,22,24H,1,9-12H2,2-7H3/t18-/m0/s1. The zero-order chi connectivity index (χ0) is 18.1. The molecule has 0 aromatic heterocycles. The van der Waals surface area contributed by atoms with Crippen molar-refractivity contribution in [2.24, 2.45) is 0 Å². The van der Waals surface area contributed by atoms with Crippen molar-refractivity contribution in [3.8, 4) is 5.75 Å². The van der Waals surface area contributed by atoms with E-state index >= 15 is 0 Å². The smallest absolute Gasteiger partial charge is 0.123 e. The molecule has 0 spiro atoms. The number of hydrogen-bond acceptors (Lipinski definition) is 3. The molecule has 0 aliphatic carbocycles. The summed E-state index contributed by atoms with van der Waals surface area (Å²) in [6.07, 6.45) is 2.04. The second kappa shape index (κ2) is 6.89. The lowest BCUT2D eigenvalue weighted by molar-refractivity contribution is 0.203. The minimum Gasteiger partial charge on any atom is -0.507 e. The van der Waals surface area contributed by atoms with Gasteiger partial charge in [-0.05, 0) is 39.7 Å². The maximum Gasteiger partial charge on any atom is 0.123 e. The van der Waals surface area contributed by atoms with Gasteiger partial charge in [0, 0.05) is 26.2 Å². The number of piperazine rings is 1. The van der Waals surface area contributed by atoms with Crippen molar-refractivity contribution in [1.29, 1.82) is 0 Å². The van der Waals surface area contributed by atoms with Crippen LogP contribution in [0.2, 0.25) is 0 Å². The number of hydrogen-bond donors (Lipinski definition) is 2. The van der Waals surface area contributed by atoms with Gasteiger partial charge in [0.2, 0.25) is 0 Å². The first-order valence-corrected chi connectivity index (χ1v) is 9.01. The zero-order valence-corrected chi connectivity index (χ0v) is 16.2. The zero-order valence-electron chi connectivity index (χ0n) is 16.2. The number of phenolic OH excluding ortho intramolecular Hbond substituents is 1. The number of nitrogens with one attached hydrogen (secondary N) is 1. The molecule has 1 aliphatic rings. The average molecular weight is 331 g/mol. The van der Waals surface area contributed by atoms with Crippen molar-refractivity contribution in [3.05, 3.63) is 41.5 Å². The van der Waals surface area contributed by atoms with Crippen LogP contribution in [0.15, 0.2) is 24.8 Å². The van der Waals surface area contributed by atoms with Crippen LogP contribution in [0, 0.1) is 0 Å². The number of rotatable bonds is 3. The Kier molecular flexibility index (Phi) is 5.46. The lowest BCUT2D eigenvalue weighted by Gasteiger charge is -2.35. The fraction of sp³-hybridized carbons (Fsp3) is 0.619. The molecule has 0 amide bonds. The largest absolute Gasteiger partial charge is 0.507 e. The third-order valence-corrected chi connectivity index (χ3v) is 4.86. The van der Waals surface area contributed by atoms with Crippen LogP contribution in [-0.2, 0) is 10.8 Å². The molecular formula is C21H34N2O. The van der Waals surface area contributed by atoms with Gasteiger partial charge in [0.05, 0.1) is 6.04 Å². The van der Waals surface area contributed by atoms with Crippen molar-refractivity contribution < 1.29 is 5.11 Å². The molecule has 1 fully saturated rings. The van der Waals surface area contributed by atoms with Crippen molar-refractivity contribution >= 4 is 0 Å². The molecule has 2 N–H and O–H groups in total. The summed E-state index contributed by atoms with van der Waals surface area (Å²) in [6.45, 7) is 21.1. The summed E-state index contributed by atoms with van der Waals surface area (Å²) in [6, 6.07) is 4.55. The Bertz CT molecular complexity index is 552. The molecule has 1 saturated heterocycles. The fourth-order valence-corrected chi connectivity index (χ4v) is 3.43. The highest BCUT2D eigenvalue weighted by atomic mass is 16.3. The molecule has 0 unspecified atom stereocenters. The number of aromatic hydroxyl groups is 1. The van der Waals surface area contributed by atoms with Gasteiger partial charge in [0.15, 0.2) is 0 Å². The average Bonchev–Trinajstić information content (AvgIpc) is 2.48. The molecule has 1 atom stereocenters. The quantitative estimate of drug-likeness (QED) is 0.818. The highest BCUT2D eigenvalue weighted by Gasteiger charge is 2.29. The normalized spacial score (nSPS) is 18.4. The van der Waals surface area contributed by atoms with Crippen LogP contribution in [0.5, 0.6) is 5.75 Å². The van der Waals surface area contributed by atoms with Crippen LogP contribution in [0.4, 0.5) is 0 Å². The Balaban J connectivity index is 2.58. The van der Waals surface area contributed by atoms with Crippen molar-refractivity contribution in [2.75, 3.05) is 26.2 Å². The van der Waals surface area contributed by atoms with Crippen LogP contribution < -0.4 is 5.32 Å². The molecule has 3 nitrogen and oxygen atoms in total. The lowest BCUT2D eigenvalue weighted by Crippen LogP contribution is -2.44. The summed E-state index contributed by atoms with van der Waals surface area (Å²) >= 11 is 0. The van der Waals surface area contributed by atoms with E-state index < -0.39 is 0 Å². The summed E-state index contributed by atoms with van der Waals surface area (Å²) in [4.78, 5) is 2.47. The Labute approximate surface area is 147 Å². The molecule has 1 heterocycles. The maximum absolute atomic E-state index is 10.9. The minimum absolute atomic E-state index is 0.102. The van der Waals surface area contributed by atoms with E-state index in [2.05, 4.69) is 70.5 Å². The van der Waals surface area contributed by atoms with Crippen molar-refractivity contribution in [2.45, 2.75) is 58.4 Å². The topological polar surface area (TPSA) is 35.5 Å². The van der Waals surface area contributed by atoms with E-state index in [4.69, 9.17) is 0 Å². The highest BCUT2D eigenvalue weighted by molar-refractivity contribution is 5.51. The molecule has 3 heteroatoms. The van der Waals surface area contributed by atoms with Gasteiger partial charge < -0.3 is 10.4 Å². The second-order valence-electron chi connectivity index (χ2n) is 8.93. The molecule has 24 heavy (non-hydrogen) atoms. The van der Waals surface area contributed by atoms with E-state index in [1.54, 1.807) is 0 Å². The Morgan fingerprint density at radius 1 is 1.04 bits per heavy atom. The Morgan fingerprint density at radius 2 is 1.50 bits per heavy atom. The summed E-state index contributed by atoms with van der Waals surface area (Å²) in [7, 11) is 0. The molecular weight excluding hydrogens is 296 g/mol. The molecule has 0 bridgehead atoms. The summed E-state index contributed by atoms with van der Waals surface area (Å²) in [5.74, 6) is 0.446. The molecule has 0 radical (unpaired) electrons. The van der Waals surface area contributed by atoms with Gasteiger partial charge in [-0.25, -0.2) is 0 Å². The van der Waals surface area contributed by atoms with Gasteiger partial charge in [0.1, 0.15) is 5.75 Å². The molecule has 1 aromatic rings. The predicted molar refractivity (Wildman–Crippen MR) is 103 cm³/mol. The first kappa shape index (κ1) is 19.0. The monoisotopic (exact) mass is 330 g/mol. The van der Waals surface area contributed by atoms with Crippen molar-refractivity contribution in [3.63, 3.8) is 0 Å². The van der Waals surface area contributed by atoms with E-state index in [0.29, 0.717) is 5.75 Å². The van der Waals surface area contributed by atoms with E-state index in [1.165, 1.54) is 5.56 Å². The Hall–Kier alpha value is -1.32. The van der Waals surface area contributed by atoms with Gasteiger partial charge in [-0.15, -0.1) is 6.58 Å². The summed E-state index contributed by atoms with van der Waals surface area (Å²) in [5.41, 5.74) is 3.07. The predicted octanol–water partition coefficient (Wildman–Crippen LogP) is 4.12. The number of phenols is 1. The van der Waals surface area contributed by atoms with E-state index in [0.717, 1.165) is 37.3 Å². The molecule has 2 rings (SSSR count). The third kappa shape index (κ3) is 4.01. The summed E-state index contributed by atoms with van der Waals surface area (Å²) in [5, 5.41) is 14.3. The SMILES string of the molecule is C=C[C@@H](c1cc(C(C)(C)C)c(O)c(C(C)(C)C)c1)N1CCNCC1. The molecule has 134 valence electrons. The Morgan fingerprint density at radius 3 is 1.88 bits per heavy atom. The molecule has 1 aliphatic heterocycles. The molecule has 1 aromatic carbocycles. The van der Waals surface area contributed by atoms with E-state index in [-0.39, 0.29) is 16.9 Å². The van der Waals surface area contributed by atoms with Gasteiger partial charge in [-0.1, -0.05) is 47.6 Å². The first-order valence-electron chi connectivity index (χ1n) is 9.01. The van der Waals surface area contributed by atoms with E-state index in [9.17, 15) is 5.11 Å². The minimum atomic E-state index is -0.102. The van der Waals surface area contributed by atoms with Gasteiger partial charge >= 0.3 is 0 Å². The third-order valence-electron chi connectivity index (χ3n) is 4.86. The van der Waals surface area contributed by atoms with Gasteiger partial charge in [-0.3, -0.25) is 4.90 Å².